The molecule has 1 N–H and O–H groups in total. The van der Waals surface area contributed by atoms with E-state index < -0.39 is 0 Å². The Kier molecular flexibility index (Phi) is 2.97. The average molecular weight is 269 g/mol. The zero-order valence-electron chi connectivity index (χ0n) is 7.81. The number of rotatable bonds is 3. The number of benzene rings is 1. The van der Waals surface area contributed by atoms with Crippen molar-refractivity contribution in [2.45, 2.75) is 6.61 Å². The van der Waals surface area contributed by atoms with Gasteiger partial charge in [-0.3, -0.25) is 0 Å². The molecule has 0 atom stereocenters. The molecule has 0 saturated carbocycles. The van der Waals surface area contributed by atoms with E-state index in [0.29, 0.717) is 17.0 Å². The highest BCUT2D eigenvalue weighted by Gasteiger charge is 2.03. The number of furan rings is 1. The lowest BCUT2D eigenvalue weighted by Gasteiger charge is -2.05. The fourth-order valence-electron chi connectivity index (χ4n) is 1.16. The van der Waals surface area contributed by atoms with Gasteiger partial charge in [0, 0.05) is 5.56 Å². The molecule has 2 rings (SSSR count). The van der Waals surface area contributed by atoms with Crippen molar-refractivity contribution in [2.24, 2.45) is 0 Å². The number of hydrogen-bond donors (Lipinski definition) is 1. The van der Waals surface area contributed by atoms with Crippen LogP contribution in [0.5, 0.6) is 11.5 Å². The average Bonchev–Trinajstić information content (AvgIpc) is 2.63. The van der Waals surface area contributed by atoms with Crippen molar-refractivity contribution in [3.8, 4) is 11.5 Å². The maximum atomic E-state index is 9.44. The van der Waals surface area contributed by atoms with E-state index in [1.807, 2.05) is 6.07 Å². The number of phenols is 1. The summed E-state index contributed by atoms with van der Waals surface area (Å²) in [5.74, 6) is 0.606. The van der Waals surface area contributed by atoms with Crippen molar-refractivity contribution in [3.05, 3.63) is 46.8 Å². The van der Waals surface area contributed by atoms with Crippen LogP contribution in [-0.4, -0.2) is 5.11 Å². The molecule has 0 bridgehead atoms. The monoisotopic (exact) mass is 268 g/mol. The quantitative estimate of drug-likeness (QED) is 0.929. The summed E-state index contributed by atoms with van der Waals surface area (Å²) in [6, 6.07) is 8.67. The number of phenolic OH excluding ortho intramolecular Hbond substituents is 1. The summed E-state index contributed by atoms with van der Waals surface area (Å²) >= 11 is 3.20. The van der Waals surface area contributed by atoms with Gasteiger partial charge in [-0.05, 0) is 34.1 Å². The summed E-state index contributed by atoms with van der Waals surface area (Å²) < 4.78 is 11.1. The summed E-state index contributed by atoms with van der Waals surface area (Å²) in [5, 5.41) is 9.44. The number of ether oxygens (including phenoxy) is 1. The van der Waals surface area contributed by atoms with Crippen molar-refractivity contribution in [1.29, 1.82) is 0 Å². The van der Waals surface area contributed by atoms with Crippen LogP contribution < -0.4 is 4.74 Å². The van der Waals surface area contributed by atoms with Gasteiger partial charge in [0.15, 0.2) is 16.2 Å². The number of halogens is 1. The minimum Gasteiger partial charge on any atom is -0.504 e. The Labute approximate surface area is 95.4 Å². The standard InChI is InChI=1S/C11H9BrO3/c12-11-5-8(7-15-11)6-14-10-4-2-1-3-9(10)13/h1-5,7,13H,6H2. The predicted molar refractivity (Wildman–Crippen MR) is 58.8 cm³/mol. The molecule has 1 aromatic heterocycles. The Balaban J connectivity index is 2.02. The molecule has 0 fully saturated rings. The van der Waals surface area contributed by atoms with E-state index in [1.165, 1.54) is 0 Å². The summed E-state index contributed by atoms with van der Waals surface area (Å²) in [6.45, 7) is 0.368. The Morgan fingerprint density at radius 3 is 2.80 bits per heavy atom. The second kappa shape index (κ2) is 4.40. The van der Waals surface area contributed by atoms with Gasteiger partial charge in [0.25, 0.3) is 0 Å². The van der Waals surface area contributed by atoms with Crippen LogP contribution in [-0.2, 0) is 6.61 Å². The second-order valence-electron chi connectivity index (χ2n) is 3.02. The van der Waals surface area contributed by atoms with Gasteiger partial charge in [-0.25, -0.2) is 0 Å². The molecule has 0 aliphatic rings. The van der Waals surface area contributed by atoms with Crippen LogP contribution in [0.4, 0.5) is 0 Å². The van der Waals surface area contributed by atoms with E-state index in [4.69, 9.17) is 9.15 Å². The second-order valence-corrected chi connectivity index (χ2v) is 3.80. The molecule has 0 unspecified atom stereocenters. The molecule has 0 amide bonds. The lowest BCUT2D eigenvalue weighted by molar-refractivity contribution is 0.288. The molecule has 0 aliphatic heterocycles. The first-order valence-electron chi connectivity index (χ1n) is 4.39. The minimum absolute atomic E-state index is 0.139. The maximum absolute atomic E-state index is 9.44. The van der Waals surface area contributed by atoms with Crippen molar-refractivity contribution in [1.82, 2.24) is 0 Å². The van der Waals surface area contributed by atoms with Gasteiger partial charge in [0.2, 0.25) is 0 Å². The van der Waals surface area contributed by atoms with Crippen molar-refractivity contribution >= 4 is 15.9 Å². The van der Waals surface area contributed by atoms with Crippen molar-refractivity contribution < 1.29 is 14.3 Å². The SMILES string of the molecule is Oc1ccccc1OCc1coc(Br)c1. The fraction of sp³-hybridized carbons (Fsp3) is 0.0909. The summed E-state index contributed by atoms with van der Waals surface area (Å²) in [6.07, 6.45) is 1.60. The maximum Gasteiger partial charge on any atom is 0.169 e. The Morgan fingerprint density at radius 2 is 2.13 bits per heavy atom. The van der Waals surface area contributed by atoms with E-state index in [-0.39, 0.29) is 5.75 Å². The first kappa shape index (κ1) is 10.1. The normalized spacial score (nSPS) is 10.2. The number of aromatic hydroxyl groups is 1. The van der Waals surface area contributed by atoms with Crippen LogP contribution in [0.2, 0.25) is 0 Å². The van der Waals surface area contributed by atoms with Gasteiger partial charge in [-0.2, -0.15) is 0 Å². The third kappa shape index (κ3) is 2.53. The van der Waals surface area contributed by atoms with E-state index in [0.717, 1.165) is 5.56 Å². The molecular formula is C11H9BrO3. The van der Waals surface area contributed by atoms with Crippen molar-refractivity contribution in [3.63, 3.8) is 0 Å². The van der Waals surface area contributed by atoms with Gasteiger partial charge in [-0.1, -0.05) is 12.1 Å². The summed E-state index contributed by atoms with van der Waals surface area (Å²) in [7, 11) is 0. The molecule has 1 aromatic carbocycles. The van der Waals surface area contributed by atoms with Gasteiger partial charge in [-0.15, -0.1) is 0 Å². The van der Waals surface area contributed by atoms with E-state index in [1.54, 1.807) is 30.5 Å². The Morgan fingerprint density at radius 1 is 1.33 bits per heavy atom. The predicted octanol–water partition coefficient (Wildman–Crippen LogP) is 3.33. The van der Waals surface area contributed by atoms with Crippen LogP contribution in [0.3, 0.4) is 0 Å². The van der Waals surface area contributed by atoms with Gasteiger partial charge in [0.05, 0.1) is 6.26 Å². The van der Waals surface area contributed by atoms with Gasteiger partial charge in [0.1, 0.15) is 6.61 Å². The molecule has 0 aliphatic carbocycles. The highest BCUT2D eigenvalue weighted by atomic mass is 79.9. The van der Waals surface area contributed by atoms with Crippen LogP contribution in [0, 0.1) is 0 Å². The van der Waals surface area contributed by atoms with Crippen LogP contribution in [0.1, 0.15) is 5.56 Å². The van der Waals surface area contributed by atoms with E-state index >= 15 is 0 Å². The third-order valence-electron chi connectivity index (χ3n) is 1.88. The molecular weight excluding hydrogens is 260 g/mol. The lowest BCUT2D eigenvalue weighted by Crippen LogP contribution is -1.93. The molecule has 3 nitrogen and oxygen atoms in total. The Hall–Kier alpha value is -1.42. The fourth-order valence-corrected chi connectivity index (χ4v) is 1.55. The molecule has 0 saturated heterocycles. The van der Waals surface area contributed by atoms with Crippen molar-refractivity contribution in [2.75, 3.05) is 0 Å². The van der Waals surface area contributed by atoms with E-state index in [2.05, 4.69) is 15.9 Å². The Bertz CT molecular complexity index is 451. The van der Waals surface area contributed by atoms with Gasteiger partial charge >= 0.3 is 0 Å². The van der Waals surface area contributed by atoms with E-state index in [9.17, 15) is 5.11 Å². The topological polar surface area (TPSA) is 42.6 Å². The van der Waals surface area contributed by atoms with Crippen LogP contribution in [0.25, 0.3) is 0 Å². The van der Waals surface area contributed by atoms with Crippen LogP contribution in [0.15, 0.2) is 45.7 Å². The number of para-hydroxylation sites is 2. The molecule has 0 spiro atoms. The molecule has 78 valence electrons. The smallest absolute Gasteiger partial charge is 0.169 e. The number of hydrogen-bond acceptors (Lipinski definition) is 3. The zero-order chi connectivity index (χ0) is 10.7. The molecule has 2 aromatic rings. The minimum atomic E-state index is 0.139. The van der Waals surface area contributed by atoms with Gasteiger partial charge < -0.3 is 14.3 Å². The first-order chi connectivity index (χ1) is 7.25. The molecule has 0 radical (unpaired) electrons. The third-order valence-corrected chi connectivity index (χ3v) is 2.30. The largest absolute Gasteiger partial charge is 0.504 e. The summed E-state index contributed by atoms with van der Waals surface area (Å²) in [5.41, 5.74) is 0.908. The molecule has 1 heterocycles. The highest BCUT2D eigenvalue weighted by molar-refractivity contribution is 9.10. The lowest BCUT2D eigenvalue weighted by atomic mass is 10.3. The molecule has 4 heteroatoms. The first-order valence-corrected chi connectivity index (χ1v) is 5.19. The summed E-state index contributed by atoms with van der Waals surface area (Å²) in [4.78, 5) is 0. The molecule has 15 heavy (non-hydrogen) atoms. The van der Waals surface area contributed by atoms with Crippen LogP contribution >= 0.6 is 15.9 Å². The zero-order valence-corrected chi connectivity index (χ0v) is 9.40. The highest BCUT2D eigenvalue weighted by Crippen LogP contribution is 2.25.